The molecule has 1 aromatic carbocycles. The monoisotopic (exact) mass is 377 g/mol. The van der Waals surface area contributed by atoms with E-state index in [1.807, 2.05) is 45.0 Å². The molecule has 0 saturated heterocycles. The lowest BCUT2D eigenvalue weighted by Gasteiger charge is -2.08. The van der Waals surface area contributed by atoms with Crippen molar-refractivity contribution in [1.29, 1.82) is 0 Å². The third-order valence-corrected chi connectivity index (χ3v) is 3.36. The highest BCUT2D eigenvalue weighted by Crippen LogP contribution is 2.13. The fourth-order valence-corrected chi connectivity index (χ4v) is 2.21. The molecule has 0 saturated carbocycles. The standard InChI is InChI=1S/C15H20BrN7/c1-4-17-13-19-14(18-5-2)21-15(20-13)23-22-10(3)11-7-6-8-12(16)9-11/h6-9H,4-5H2,1-3H3,(H3,17,18,19,20,21,23)/b22-10+. The zero-order valence-electron chi connectivity index (χ0n) is 13.4. The van der Waals surface area contributed by atoms with Crippen LogP contribution in [0.5, 0.6) is 0 Å². The van der Waals surface area contributed by atoms with Crippen LogP contribution in [-0.2, 0) is 0 Å². The summed E-state index contributed by atoms with van der Waals surface area (Å²) in [5, 5.41) is 10.5. The second-order valence-electron chi connectivity index (χ2n) is 4.69. The average molecular weight is 378 g/mol. The lowest BCUT2D eigenvalue weighted by Crippen LogP contribution is -2.11. The first kappa shape index (κ1) is 17.1. The van der Waals surface area contributed by atoms with Crippen LogP contribution in [0, 0.1) is 0 Å². The van der Waals surface area contributed by atoms with Gasteiger partial charge in [0.1, 0.15) is 0 Å². The summed E-state index contributed by atoms with van der Waals surface area (Å²) in [5.41, 5.74) is 4.74. The van der Waals surface area contributed by atoms with Crippen LogP contribution in [0.1, 0.15) is 26.3 Å². The molecule has 1 aromatic heterocycles. The van der Waals surface area contributed by atoms with E-state index in [0.717, 1.165) is 28.8 Å². The van der Waals surface area contributed by atoms with E-state index in [4.69, 9.17) is 0 Å². The van der Waals surface area contributed by atoms with Crippen LogP contribution in [0.2, 0.25) is 0 Å². The summed E-state index contributed by atoms with van der Waals surface area (Å²) in [6.07, 6.45) is 0. The number of benzene rings is 1. The fourth-order valence-electron chi connectivity index (χ4n) is 1.81. The number of hydrogen-bond acceptors (Lipinski definition) is 7. The van der Waals surface area contributed by atoms with Crippen molar-refractivity contribution in [2.24, 2.45) is 5.10 Å². The van der Waals surface area contributed by atoms with Gasteiger partial charge < -0.3 is 10.6 Å². The minimum atomic E-state index is 0.390. The zero-order valence-corrected chi connectivity index (χ0v) is 15.0. The van der Waals surface area contributed by atoms with Gasteiger partial charge in [0, 0.05) is 17.6 Å². The van der Waals surface area contributed by atoms with E-state index in [0.29, 0.717) is 17.8 Å². The van der Waals surface area contributed by atoms with Crippen molar-refractivity contribution in [3.05, 3.63) is 34.3 Å². The quantitative estimate of drug-likeness (QED) is 0.506. The van der Waals surface area contributed by atoms with Gasteiger partial charge in [0.2, 0.25) is 17.8 Å². The molecule has 0 atom stereocenters. The van der Waals surface area contributed by atoms with Gasteiger partial charge in [-0.2, -0.15) is 20.1 Å². The van der Waals surface area contributed by atoms with Crippen LogP contribution >= 0.6 is 15.9 Å². The van der Waals surface area contributed by atoms with E-state index >= 15 is 0 Å². The van der Waals surface area contributed by atoms with E-state index < -0.39 is 0 Å². The van der Waals surface area contributed by atoms with E-state index in [1.165, 1.54) is 0 Å². The molecule has 0 aliphatic heterocycles. The zero-order chi connectivity index (χ0) is 16.7. The molecule has 0 unspecified atom stereocenters. The maximum Gasteiger partial charge on any atom is 0.250 e. The molecule has 0 bridgehead atoms. The third-order valence-electron chi connectivity index (χ3n) is 2.87. The highest BCUT2D eigenvalue weighted by molar-refractivity contribution is 9.10. The summed E-state index contributed by atoms with van der Waals surface area (Å²) in [7, 11) is 0. The lowest BCUT2D eigenvalue weighted by molar-refractivity contribution is 0.991. The summed E-state index contributed by atoms with van der Waals surface area (Å²) in [6, 6.07) is 7.93. The molecule has 0 fully saturated rings. The number of anilines is 3. The fraction of sp³-hybridized carbons (Fsp3) is 0.333. The number of rotatable bonds is 7. The Morgan fingerprint density at radius 1 is 1.04 bits per heavy atom. The average Bonchev–Trinajstić information content (AvgIpc) is 2.53. The Bertz CT molecular complexity index is 663. The van der Waals surface area contributed by atoms with Crippen molar-refractivity contribution in [1.82, 2.24) is 15.0 Å². The van der Waals surface area contributed by atoms with Gasteiger partial charge in [-0.15, -0.1) is 0 Å². The van der Waals surface area contributed by atoms with Crippen molar-refractivity contribution >= 4 is 39.5 Å². The normalized spacial score (nSPS) is 11.2. The summed E-state index contributed by atoms with van der Waals surface area (Å²) in [5.74, 6) is 1.41. The third kappa shape index (κ3) is 5.17. The largest absolute Gasteiger partial charge is 0.354 e. The van der Waals surface area contributed by atoms with Gasteiger partial charge in [0.15, 0.2) is 0 Å². The van der Waals surface area contributed by atoms with Gasteiger partial charge in [-0.05, 0) is 38.5 Å². The number of aromatic nitrogens is 3. The van der Waals surface area contributed by atoms with Crippen molar-refractivity contribution in [2.45, 2.75) is 20.8 Å². The summed E-state index contributed by atoms with van der Waals surface area (Å²) >= 11 is 3.46. The van der Waals surface area contributed by atoms with E-state index in [2.05, 4.69) is 52.0 Å². The Balaban J connectivity index is 2.19. The maximum absolute atomic E-state index is 4.35. The van der Waals surface area contributed by atoms with Crippen LogP contribution in [0.3, 0.4) is 0 Å². The molecule has 0 amide bonds. The molecular weight excluding hydrogens is 358 g/mol. The molecule has 0 spiro atoms. The first-order valence-electron chi connectivity index (χ1n) is 7.42. The molecule has 7 nitrogen and oxygen atoms in total. The van der Waals surface area contributed by atoms with Crippen LogP contribution in [-0.4, -0.2) is 33.8 Å². The Hall–Kier alpha value is -2.22. The molecule has 0 aliphatic carbocycles. The minimum Gasteiger partial charge on any atom is -0.354 e. The van der Waals surface area contributed by atoms with E-state index in [-0.39, 0.29) is 0 Å². The van der Waals surface area contributed by atoms with Crippen LogP contribution < -0.4 is 16.1 Å². The highest BCUT2D eigenvalue weighted by Gasteiger charge is 2.05. The molecule has 1 heterocycles. The van der Waals surface area contributed by atoms with Gasteiger partial charge in [0.25, 0.3) is 0 Å². The van der Waals surface area contributed by atoms with Crippen molar-refractivity contribution in [2.75, 3.05) is 29.1 Å². The van der Waals surface area contributed by atoms with Crippen LogP contribution in [0.4, 0.5) is 17.8 Å². The maximum atomic E-state index is 4.35. The molecule has 0 radical (unpaired) electrons. The molecule has 8 heteroatoms. The van der Waals surface area contributed by atoms with Gasteiger partial charge in [-0.25, -0.2) is 5.43 Å². The van der Waals surface area contributed by atoms with Gasteiger partial charge in [-0.1, -0.05) is 28.1 Å². The van der Waals surface area contributed by atoms with Crippen molar-refractivity contribution in [3.63, 3.8) is 0 Å². The Labute approximate surface area is 144 Å². The Morgan fingerprint density at radius 2 is 1.65 bits per heavy atom. The van der Waals surface area contributed by atoms with Crippen LogP contribution in [0.15, 0.2) is 33.8 Å². The predicted octanol–water partition coefficient (Wildman–Crippen LogP) is 3.33. The molecule has 3 N–H and O–H groups in total. The Kier molecular flexibility index (Phi) is 6.28. The second-order valence-corrected chi connectivity index (χ2v) is 5.60. The minimum absolute atomic E-state index is 0.390. The molecule has 0 aliphatic rings. The molecule has 2 aromatic rings. The van der Waals surface area contributed by atoms with E-state index in [1.54, 1.807) is 0 Å². The van der Waals surface area contributed by atoms with Gasteiger partial charge in [-0.3, -0.25) is 0 Å². The molecule has 23 heavy (non-hydrogen) atoms. The molecule has 122 valence electrons. The number of hydrogen-bond donors (Lipinski definition) is 3. The number of hydrazone groups is 1. The predicted molar refractivity (Wildman–Crippen MR) is 98.1 cm³/mol. The van der Waals surface area contributed by atoms with E-state index in [9.17, 15) is 0 Å². The topological polar surface area (TPSA) is 87.1 Å². The lowest BCUT2D eigenvalue weighted by atomic mass is 10.1. The number of nitrogens with zero attached hydrogens (tertiary/aromatic N) is 4. The first-order valence-corrected chi connectivity index (χ1v) is 8.21. The van der Waals surface area contributed by atoms with Crippen molar-refractivity contribution < 1.29 is 0 Å². The number of halogens is 1. The summed E-state index contributed by atoms with van der Waals surface area (Å²) in [6.45, 7) is 7.36. The summed E-state index contributed by atoms with van der Waals surface area (Å²) in [4.78, 5) is 12.8. The molecular formula is C15H20BrN7. The van der Waals surface area contributed by atoms with Crippen LogP contribution in [0.25, 0.3) is 0 Å². The van der Waals surface area contributed by atoms with Crippen molar-refractivity contribution in [3.8, 4) is 0 Å². The highest BCUT2D eigenvalue weighted by atomic mass is 79.9. The SMILES string of the molecule is CCNc1nc(NCC)nc(N/N=C(\C)c2cccc(Br)c2)n1. The summed E-state index contributed by atoms with van der Waals surface area (Å²) < 4.78 is 1.01. The second kappa shape index (κ2) is 8.42. The van der Waals surface area contributed by atoms with Gasteiger partial charge in [0.05, 0.1) is 5.71 Å². The molecule has 2 rings (SSSR count). The van der Waals surface area contributed by atoms with Gasteiger partial charge >= 0.3 is 0 Å². The Morgan fingerprint density at radius 3 is 2.22 bits per heavy atom. The number of nitrogens with one attached hydrogen (secondary N) is 3. The smallest absolute Gasteiger partial charge is 0.250 e. The first-order chi connectivity index (χ1) is 11.1.